The van der Waals surface area contributed by atoms with E-state index in [-0.39, 0.29) is 28.4 Å². The van der Waals surface area contributed by atoms with E-state index in [4.69, 9.17) is 9.15 Å². The molecule has 0 bridgehead atoms. The second kappa shape index (κ2) is 8.14. The number of nitrogens with one attached hydrogen (secondary N) is 1. The molecule has 30 heavy (non-hydrogen) atoms. The lowest BCUT2D eigenvalue weighted by Crippen LogP contribution is -2.33. The second-order valence-corrected chi connectivity index (χ2v) is 8.49. The van der Waals surface area contributed by atoms with E-state index >= 15 is 0 Å². The molecule has 0 fully saturated rings. The normalized spacial score (nSPS) is 11.5. The minimum atomic E-state index is -0.748. The van der Waals surface area contributed by atoms with Crippen LogP contribution in [-0.2, 0) is 5.41 Å². The minimum absolute atomic E-state index is 0.0107. The Morgan fingerprint density at radius 3 is 2.27 bits per heavy atom. The fourth-order valence-corrected chi connectivity index (χ4v) is 2.93. The molecule has 0 aliphatic carbocycles. The number of carbonyl (C=O) groups excluding carboxylic acids is 2. The number of carbonyl (C=O) groups is 2. The Morgan fingerprint density at radius 1 is 1.00 bits per heavy atom. The first-order valence-corrected chi connectivity index (χ1v) is 9.76. The molecule has 156 valence electrons. The van der Waals surface area contributed by atoms with E-state index in [9.17, 15) is 14.4 Å². The molecule has 0 aliphatic rings. The Hall–Kier alpha value is -3.41. The number of hydrogen-bond acceptors (Lipinski definition) is 5. The van der Waals surface area contributed by atoms with E-state index < -0.39 is 17.5 Å². The summed E-state index contributed by atoms with van der Waals surface area (Å²) in [6.45, 7) is 9.90. The Bertz CT molecular complexity index is 1150. The summed E-state index contributed by atoms with van der Waals surface area (Å²) in [5.74, 6) is -0.755. The third-order valence-corrected chi connectivity index (χ3v) is 4.57. The van der Waals surface area contributed by atoms with Gasteiger partial charge in [0.05, 0.1) is 5.56 Å². The summed E-state index contributed by atoms with van der Waals surface area (Å²) < 4.78 is 10.7. The Labute approximate surface area is 174 Å². The molecule has 3 aromatic rings. The first-order chi connectivity index (χ1) is 14.0. The van der Waals surface area contributed by atoms with E-state index in [1.807, 2.05) is 12.1 Å². The highest BCUT2D eigenvalue weighted by Crippen LogP contribution is 2.24. The topological polar surface area (TPSA) is 85.6 Å². The van der Waals surface area contributed by atoms with Gasteiger partial charge in [0.15, 0.2) is 0 Å². The van der Waals surface area contributed by atoms with Crippen molar-refractivity contribution in [2.24, 2.45) is 0 Å². The van der Waals surface area contributed by atoms with Crippen molar-refractivity contribution in [3.8, 4) is 5.75 Å². The number of ether oxygens (including phenoxy) is 1. The summed E-state index contributed by atoms with van der Waals surface area (Å²) in [4.78, 5) is 36.8. The van der Waals surface area contributed by atoms with Crippen molar-refractivity contribution < 1.29 is 18.7 Å². The van der Waals surface area contributed by atoms with Crippen molar-refractivity contribution in [3.05, 3.63) is 75.6 Å². The van der Waals surface area contributed by atoms with Crippen LogP contribution in [0.2, 0.25) is 0 Å². The largest absolute Gasteiger partial charge is 0.423 e. The minimum Gasteiger partial charge on any atom is -0.423 e. The van der Waals surface area contributed by atoms with Gasteiger partial charge in [0.1, 0.15) is 16.9 Å². The molecular formula is C24H25NO5. The van der Waals surface area contributed by atoms with Crippen LogP contribution in [-0.4, -0.2) is 17.9 Å². The maximum absolute atomic E-state index is 12.5. The highest BCUT2D eigenvalue weighted by Gasteiger charge is 2.17. The predicted molar refractivity (Wildman–Crippen MR) is 115 cm³/mol. The van der Waals surface area contributed by atoms with Crippen molar-refractivity contribution in [1.29, 1.82) is 0 Å². The van der Waals surface area contributed by atoms with Crippen LogP contribution in [0.25, 0.3) is 11.0 Å². The molecule has 6 heteroatoms. The Kier molecular flexibility index (Phi) is 5.78. The fourth-order valence-electron chi connectivity index (χ4n) is 2.93. The van der Waals surface area contributed by atoms with Gasteiger partial charge in [0, 0.05) is 17.5 Å². The fraction of sp³-hybridized carbons (Fsp3) is 0.292. The van der Waals surface area contributed by atoms with Crippen LogP contribution >= 0.6 is 0 Å². The lowest BCUT2D eigenvalue weighted by molar-refractivity contribution is 0.0734. The van der Waals surface area contributed by atoms with Gasteiger partial charge in [0.25, 0.3) is 5.91 Å². The second-order valence-electron chi connectivity index (χ2n) is 8.49. The molecule has 0 atom stereocenters. The molecule has 0 aliphatic heterocycles. The van der Waals surface area contributed by atoms with Gasteiger partial charge >= 0.3 is 11.6 Å². The molecule has 0 spiro atoms. The van der Waals surface area contributed by atoms with Gasteiger partial charge < -0.3 is 14.5 Å². The zero-order chi connectivity index (χ0) is 22.1. The van der Waals surface area contributed by atoms with Gasteiger partial charge in [-0.2, -0.15) is 0 Å². The van der Waals surface area contributed by atoms with Crippen LogP contribution in [0.3, 0.4) is 0 Å². The van der Waals surface area contributed by atoms with Gasteiger partial charge in [0.2, 0.25) is 0 Å². The summed E-state index contributed by atoms with van der Waals surface area (Å²) in [7, 11) is 0. The molecule has 1 aromatic heterocycles. The molecule has 1 N–H and O–H groups in total. The van der Waals surface area contributed by atoms with Gasteiger partial charge in [-0.25, -0.2) is 9.59 Å². The average molecular weight is 407 g/mol. The van der Waals surface area contributed by atoms with Crippen molar-refractivity contribution >= 4 is 22.8 Å². The van der Waals surface area contributed by atoms with Gasteiger partial charge in [-0.15, -0.1) is 0 Å². The third-order valence-electron chi connectivity index (χ3n) is 4.57. The van der Waals surface area contributed by atoms with E-state index in [1.54, 1.807) is 38.1 Å². The molecule has 1 heterocycles. The van der Waals surface area contributed by atoms with Crippen LogP contribution in [0.1, 0.15) is 60.9 Å². The lowest BCUT2D eigenvalue weighted by atomic mass is 9.87. The Morgan fingerprint density at radius 2 is 1.67 bits per heavy atom. The molecule has 0 saturated heterocycles. The van der Waals surface area contributed by atoms with Crippen molar-refractivity contribution in [1.82, 2.24) is 5.32 Å². The van der Waals surface area contributed by atoms with Gasteiger partial charge in [-0.1, -0.05) is 32.9 Å². The van der Waals surface area contributed by atoms with E-state index in [0.717, 1.165) is 5.56 Å². The number of fused-ring (bicyclic) bond motifs is 1. The van der Waals surface area contributed by atoms with E-state index in [1.165, 1.54) is 12.1 Å². The Balaban J connectivity index is 1.83. The molecular weight excluding hydrogens is 382 g/mol. The standard InChI is InChI=1S/C24H25NO5/c1-14(2)25-21(26)19-12-16-8-11-18(13-20(16)30-23(19)28)29-22(27)15-6-9-17(10-7-15)24(3,4)5/h6-14H,1-5H3,(H,25,26). The smallest absolute Gasteiger partial charge is 0.349 e. The lowest BCUT2D eigenvalue weighted by Gasteiger charge is -2.18. The molecule has 0 radical (unpaired) electrons. The molecule has 3 rings (SSSR count). The SMILES string of the molecule is CC(C)NC(=O)c1cc2ccc(OC(=O)c3ccc(C(C)(C)C)cc3)cc2oc1=O. The van der Waals surface area contributed by atoms with Crippen LogP contribution in [0.5, 0.6) is 5.75 Å². The van der Waals surface area contributed by atoms with Crippen LogP contribution in [0.15, 0.2) is 57.7 Å². The van der Waals surface area contributed by atoms with Gasteiger partial charge in [-0.05, 0) is 55.2 Å². The quantitative estimate of drug-likeness (QED) is 0.392. The summed E-state index contributed by atoms with van der Waals surface area (Å²) in [5, 5.41) is 3.22. The number of rotatable bonds is 4. The predicted octanol–water partition coefficient (Wildman–Crippen LogP) is 4.45. The monoisotopic (exact) mass is 407 g/mol. The summed E-state index contributed by atoms with van der Waals surface area (Å²) in [5.41, 5.74) is 0.939. The van der Waals surface area contributed by atoms with Crippen molar-refractivity contribution in [3.63, 3.8) is 0 Å². The highest BCUT2D eigenvalue weighted by atomic mass is 16.5. The molecule has 0 saturated carbocycles. The molecule has 6 nitrogen and oxygen atoms in total. The molecule has 2 aromatic carbocycles. The summed E-state index contributed by atoms with van der Waals surface area (Å²) in [6, 6.07) is 13.3. The first-order valence-electron chi connectivity index (χ1n) is 9.76. The molecule has 0 unspecified atom stereocenters. The number of hydrogen-bond donors (Lipinski definition) is 1. The summed E-state index contributed by atoms with van der Waals surface area (Å²) in [6.07, 6.45) is 0. The van der Waals surface area contributed by atoms with E-state index in [2.05, 4.69) is 26.1 Å². The van der Waals surface area contributed by atoms with Crippen LogP contribution in [0, 0.1) is 0 Å². The maximum atomic E-state index is 12.5. The molecule has 1 amide bonds. The average Bonchev–Trinajstić information content (AvgIpc) is 2.66. The number of benzene rings is 2. The summed E-state index contributed by atoms with van der Waals surface area (Å²) >= 11 is 0. The van der Waals surface area contributed by atoms with Gasteiger partial charge in [-0.3, -0.25) is 4.79 Å². The van der Waals surface area contributed by atoms with Crippen molar-refractivity contribution in [2.45, 2.75) is 46.1 Å². The zero-order valence-electron chi connectivity index (χ0n) is 17.7. The highest BCUT2D eigenvalue weighted by molar-refractivity contribution is 5.97. The van der Waals surface area contributed by atoms with Crippen LogP contribution < -0.4 is 15.7 Å². The van der Waals surface area contributed by atoms with Crippen LogP contribution in [0.4, 0.5) is 0 Å². The number of esters is 1. The third kappa shape index (κ3) is 4.76. The maximum Gasteiger partial charge on any atom is 0.349 e. The van der Waals surface area contributed by atoms with E-state index in [0.29, 0.717) is 10.9 Å². The number of amides is 1. The zero-order valence-corrected chi connectivity index (χ0v) is 17.7. The van der Waals surface area contributed by atoms with Crippen molar-refractivity contribution in [2.75, 3.05) is 0 Å². The first kappa shape index (κ1) is 21.3.